The molecule has 1 aliphatic heterocycles. The molecule has 3 amide bonds. The molecule has 1 saturated carbocycles. The lowest BCUT2D eigenvalue weighted by Crippen LogP contribution is -2.50. The van der Waals surface area contributed by atoms with Crippen LogP contribution in [0.4, 0.5) is 18.0 Å². The minimum Gasteiger partial charge on any atom is -0.444 e. The van der Waals surface area contributed by atoms with Crippen molar-refractivity contribution >= 4 is 17.9 Å². The highest BCUT2D eigenvalue weighted by molar-refractivity contribution is 5.94. The Hall–Kier alpha value is -3.74. The number of nitrogens with one attached hydrogen (secondary N) is 1. The number of alkyl halides is 3. The molecule has 0 bridgehead atoms. The Morgan fingerprint density at radius 2 is 1.57 bits per heavy atom. The number of carbonyl (C=O) groups excluding carboxylic acids is 3. The number of ether oxygens (including phenoxy) is 2. The molecule has 2 aliphatic rings. The number of halogens is 3. The van der Waals surface area contributed by atoms with Gasteiger partial charge in [0, 0.05) is 49.7 Å². The number of hydrogen-bond donors (Lipinski definition) is 1. The number of nitrogens with zero attached hydrogens (tertiary/aromatic N) is 4. The maximum Gasteiger partial charge on any atom is 0.522 e. The van der Waals surface area contributed by atoms with Gasteiger partial charge in [-0.25, -0.2) is 14.8 Å². The standard InChI is InChI=1S/C29H36F3N5O5/c1-28(2,3)42-27(40)36-13-10-23(11-14-36)37(22-8-9-22)26(39)21-17-34-25(35-18-21)20-6-4-19(5-7-20)16-24(38)33-12-15-41-29(30,31)32/h4-7,17-18,22-23H,8-16H2,1-3H3,(H,33,38). The zero-order chi connectivity index (χ0) is 30.5. The predicted octanol–water partition coefficient (Wildman–Crippen LogP) is 4.34. The number of likely N-dealkylation sites (tertiary alicyclic amines) is 1. The molecule has 1 aliphatic carbocycles. The van der Waals surface area contributed by atoms with Gasteiger partial charge in [0.1, 0.15) is 5.60 Å². The van der Waals surface area contributed by atoms with Gasteiger partial charge in [0.05, 0.1) is 18.6 Å². The molecule has 0 radical (unpaired) electrons. The molecule has 2 aromatic rings. The molecule has 4 rings (SSSR count). The van der Waals surface area contributed by atoms with Gasteiger partial charge < -0.3 is 19.9 Å². The fraction of sp³-hybridized carbons (Fsp3) is 0.552. The average Bonchev–Trinajstić information content (AvgIpc) is 3.76. The largest absolute Gasteiger partial charge is 0.522 e. The van der Waals surface area contributed by atoms with Gasteiger partial charge in [0.25, 0.3) is 5.91 Å². The summed E-state index contributed by atoms with van der Waals surface area (Å²) in [4.78, 5) is 50.3. The van der Waals surface area contributed by atoms with Crippen LogP contribution in [0.3, 0.4) is 0 Å². The molecule has 13 heteroatoms. The van der Waals surface area contributed by atoms with Crippen molar-refractivity contribution < 1.29 is 37.0 Å². The Balaban J connectivity index is 1.30. The third-order valence-corrected chi connectivity index (χ3v) is 6.85. The summed E-state index contributed by atoms with van der Waals surface area (Å²) in [5.74, 6) is -0.138. The number of piperidine rings is 1. The Morgan fingerprint density at radius 3 is 2.12 bits per heavy atom. The van der Waals surface area contributed by atoms with E-state index in [-0.39, 0.29) is 37.0 Å². The second-order valence-corrected chi connectivity index (χ2v) is 11.5. The van der Waals surface area contributed by atoms with Crippen LogP contribution in [0.15, 0.2) is 36.7 Å². The van der Waals surface area contributed by atoms with E-state index in [2.05, 4.69) is 20.0 Å². The van der Waals surface area contributed by atoms with E-state index in [4.69, 9.17) is 4.74 Å². The number of rotatable bonds is 9. The minimum atomic E-state index is -4.73. The highest BCUT2D eigenvalue weighted by Gasteiger charge is 2.40. The highest BCUT2D eigenvalue weighted by atomic mass is 19.4. The molecule has 1 aromatic carbocycles. The number of carbonyl (C=O) groups is 3. The van der Waals surface area contributed by atoms with Crippen molar-refractivity contribution in [1.29, 1.82) is 0 Å². The summed E-state index contributed by atoms with van der Waals surface area (Å²) in [6, 6.07) is 7.09. The quantitative estimate of drug-likeness (QED) is 0.432. The SMILES string of the molecule is CC(C)(C)OC(=O)N1CCC(N(C(=O)c2cnc(-c3ccc(CC(=O)NCCOC(F)(F)F)cc3)nc2)C2CC2)CC1. The smallest absolute Gasteiger partial charge is 0.444 e. The summed E-state index contributed by atoms with van der Waals surface area (Å²) in [6.45, 7) is 5.65. The Labute approximate surface area is 242 Å². The van der Waals surface area contributed by atoms with Crippen molar-refractivity contribution in [2.45, 2.75) is 76.9 Å². The normalized spacial score (nSPS) is 16.2. The first-order valence-corrected chi connectivity index (χ1v) is 14.0. The summed E-state index contributed by atoms with van der Waals surface area (Å²) in [5, 5.41) is 2.38. The molecule has 0 unspecified atom stereocenters. The van der Waals surface area contributed by atoms with Gasteiger partial charge in [0.15, 0.2) is 5.82 Å². The van der Waals surface area contributed by atoms with Gasteiger partial charge in [-0.05, 0) is 52.0 Å². The van der Waals surface area contributed by atoms with Crippen LogP contribution in [-0.4, -0.2) is 88.0 Å². The molecule has 2 fully saturated rings. The molecule has 1 saturated heterocycles. The number of amides is 3. The summed E-state index contributed by atoms with van der Waals surface area (Å²) < 4.78 is 45.1. The monoisotopic (exact) mass is 591 g/mol. The number of benzene rings is 1. The van der Waals surface area contributed by atoms with Crippen LogP contribution in [-0.2, 0) is 20.7 Å². The summed E-state index contributed by atoms with van der Waals surface area (Å²) in [7, 11) is 0. The molecular weight excluding hydrogens is 555 g/mol. The first-order valence-electron chi connectivity index (χ1n) is 14.0. The summed E-state index contributed by atoms with van der Waals surface area (Å²) in [5.41, 5.74) is 1.18. The van der Waals surface area contributed by atoms with Crippen molar-refractivity contribution in [3.63, 3.8) is 0 Å². The van der Waals surface area contributed by atoms with E-state index in [1.165, 1.54) is 12.4 Å². The van der Waals surface area contributed by atoms with Crippen LogP contribution < -0.4 is 5.32 Å². The van der Waals surface area contributed by atoms with Crippen molar-refractivity contribution in [1.82, 2.24) is 25.1 Å². The predicted molar refractivity (Wildman–Crippen MR) is 146 cm³/mol. The van der Waals surface area contributed by atoms with Gasteiger partial charge in [-0.2, -0.15) is 0 Å². The topological polar surface area (TPSA) is 114 Å². The Morgan fingerprint density at radius 1 is 0.976 bits per heavy atom. The van der Waals surface area contributed by atoms with Gasteiger partial charge in [0.2, 0.25) is 5.91 Å². The van der Waals surface area contributed by atoms with E-state index in [1.807, 2.05) is 25.7 Å². The van der Waals surface area contributed by atoms with Gasteiger partial charge in [-0.15, -0.1) is 13.2 Å². The van der Waals surface area contributed by atoms with Crippen LogP contribution in [0.1, 0.15) is 62.4 Å². The fourth-order valence-electron chi connectivity index (χ4n) is 4.75. The first kappa shape index (κ1) is 31.2. The van der Waals surface area contributed by atoms with Crippen LogP contribution in [0.25, 0.3) is 11.4 Å². The Bertz CT molecular complexity index is 1240. The van der Waals surface area contributed by atoms with E-state index in [1.54, 1.807) is 29.2 Å². The maximum absolute atomic E-state index is 13.5. The summed E-state index contributed by atoms with van der Waals surface area (Å²) in [6.07, 6.45) is 1.20. The van der Waals surface area contributed by atoms with E-state index in [0.29, 0.717) is 48.4 Å². The second-order valence-electron chi connectivity index (χ2n) is 11.5. The summed E-state index contributed by atoms with van der Waals surface area (Å²) >= 11 is 0. The minimum absolute atomic E-state index is 0.00566. The molecule has 10 nitrogen and oxygen atoms in total. The van der Waals surface area contributed by atoms with Gasteiger partial charge in [-0.1, -0.05) is 24.3 Å². The van der Waals surface area contributed by atoms with Crippen LogP contribution in [0, 0.1) is 0 Å². The third-order valence-electron chi connectivity index (χ3n) is 6.85. The van der Waals surface area contributed by atoms with Crippen molar-refractivity contribution in [3.8, 4) is 11.4 Å². The van der Waals surface area contributed by atoms with E-state index >= 15 is 0 Å². The van der Waals surface area contributed by atoms with Crippen LogP contribution in [0.5, 0.6) is 0 Å². The van der Waals surface area contributed by atoms with Gasteiger partial charge >= 0.3 is 12.5 Å². The molecule has 0 atom stereocenters. The van der Waals surface area contributed by atoms with E-state index < -0.39 is 24.5 Å². The van der Waals surface area contributed by atoms with Gasteiger partial charge in [-0.3, -0.25) is 14.3 Å². The molecule has 1 aromatic heterocycles. The highest BCUT2D eigenvalue weighted by Crippen LogP contribution is 2.33. The Kier molecular flexibility index (Phi) is 9.70. The first-order chi connectivity index (χ1) is 19.8. The molecule has 0 spiro atoms. The van der Waals surface area contributed by atoms with Crippen molar-refractivity contribution in [3.05, 3.63) is 47.8 Å². The number of aromatic nitrogens is 2. The average molecular weight is 592 g/mol. The van der Waals surface area contributed by atoms with Crippen molar-refractivity contribution in [2.24, 2.45) is 0 Å². The van der Waals surface area contributed by atoms with Crippen LogP contribution in [0.2, 0.25) is 0 Å². The number of hydrogen-bond acceptors (Lipinski definition) is 7. The lowest BCUT2D eigenvalue weighted by Gasteiger charge is -2.39. The van der Waals surface area contributed by atoms with E-state index in [0.717, 1.165) is 12.8 Å². The van der Waals surface area contributed by atoms with Crippen molar-refractivity contribution in [2.75, 3.05) is 26.2 Å². The molecule has 1 N–H and O–H groups in total. The maximum atomic E-state index is 13.5. The second kappa shape index (κ2) is 13.1. The lowest BCUT2D eigenvalue weighted by atomic mass is 10.0. The van der Waals surface area contributed by atoms with E-state index in [9.17, 15) is 27.6 Å². The molecule has 228 valence electrons. The molecule has 42 heavy (non-hydrogen) atoms. The molecule has 2 heterocycles. The zero-order valence-corrected chi connectivity index (χ0v) is 23.9. The van der Waals surface area contributed by atoms with Crippen LogP contribution >= 0.6 is 0 Å². The fourth-order valence-corrected chi connectivity index (χ4v) is 4.75. The zero-order valence-electron chi connectivity index (χ0n) is 23.9. The third kappa shape index (κ3) is 9.13. The molecular formula is C29H36F3N5O5. The lowest BCUT2D eigenvalue weighted by molar-refractivity contribution is -0.323.